The number of amides is 1. The average molecular weight is 275 g/mol. The maximum atomic E-state index is 12.1. The summed E-state index contributed by atoms with van der Waals surface area (Å²) in [6, 6.07) is 8.09. The number of carbonyl (C=O) groups excluding carboxylic acids is 1. The summed E-state index contributed by atoms with van der Waals surface area (Å²) < 4.78 is 0. The Kier molecular flexibility index (Phi) is 4.77. The van der Waals surface area contributed by atoms with Crippen LogP contribution in [0.3, 0.4) is 0 Å². The van der Waals surface area contributed by atoms with E-state index in [4.69, 9.17) is 5.11 Å². The van der Waals surface area contributed by atoms with Gasteiger partial charge in [0.05, 0.1) is 0 Å². The molecule has 0 atom stereocenters. The molecule has 1 amide bonds. The Bertz CT molecular complexity index is 477. The third kappa shape index (κ3) is 4.68. The van der Waals surface area contributed by atoms with Crippen LogP contribution in [0, 0.1) is 12.8 Å². The quantitative estimate of drug-likeness (QED) is 0.830. The molecule has 20 heavy (non-hydrogen) atoms. The van der Waals surface area contributed by atoms with Gasteiger partial charge in [-0.15, -0.1) is 0 Å². The van der Waals surface area contributed by atoms with Gasteiger partial charge in [0.15, 0.2) is 0 Å². The highest BCUT2D eigenvalue weighted by Crippen LogP contribution is 2.29. The summed E-state index contributed by atoms with van der Waals surface area (Å²) in [5.74, 6) is -0.480. The molecule has 0 bridgehead atoms. The second-order valence-corrected chi connectivity index (χ2v) is 5.60. The van der Waals surface area contributed by atoms with Crippen LogP contribution >= 0.6 is 0 Å². The van der Waals surface area contributed by atoms with E-state index in [0.29, 0.717) is 25.3 Å². The fourth-order valence-corrected chi connectivity index (χ4v) is 2.19. The molecule has 0 heterocycles. The van der Waals surface area contributed by atoms with E-state index in [0.717, 1.165) is 18.4 Å². The molecular formula is C16H21NO3. The third-order valence-corrected chi connectivity index (χ3v) is 3.60. The van der Waals surface area contributed by atoms with Crippen LogP contribution < -0.4 is 0 Å². The third-order valence-electron chi connectivity index (χ3n) is 3.60. The first-order valence-corrected chi connectivity index (χ1v) is 7.09. The smallest absolute Gasteiger partial charge is 0.323 e. The van der Waals surface area contributed by atoms with Crippen LogP contribution in [0.25, 0.3) is 0 Å². The zero-order valence-corrected chi connectivity index (χ0v) is 11.8. The summed E-state index contributed by atoms with van der Waals surface area (Å²) in [6.07, 6.45) is 3.27. The first-order chi connectivity index (χ1) is 9.54. The Hall–Kier alpha value is -1.84. The molecule has 1 aliphatic rings. The van der Waals surface area contributed by atoms with Crippen LogP contribution in [0.2, 0.25) is 0 Å². The number of aliphatic carboxylic acids is 1. The Morgan fingerprint density at radius 2 is 1.90 bits per heavy atom. The highest BCUT2D eigenvalue weighted by atomic mass is 16.4. The molecule has 0 unspecified atom stereocenters. The standard InChI is InChI=1S/C16H21NO3/c1-12-2-4-13(5-3-12)8-9-15(18)17(11-16(19)20)10-14-6-7-14/h2-5,14H,6-11H2,1H3,(H,19,20). The second kappa shape index (κ2) is 6.55. The maximum Gasteiger partial charge on any atom is 0.323 e. The lowest BCUT2D eigenvalue weighted by Crippen LogP contribution is -2.37. The summed E-state index contributed by atoms with van der Waals surface area (Å²) in [5, 5.41) is 8.89. The van der Waals surface area contributed by atoms with Crippen molar-refractivity contribution in [2.75, 3.05) is 13.1 Å². The van der Waals surface area contributed by atoms with E-state index in [1.54, 1.807) is 0 Å². The predicted octanol–water partition coefficient (Wildman–Crippen LogP) is 2.25. The molecule has 1 N–H and O–H groups in total. The van der Waals surface area contributed by atoms with E-state index < -0.39 is 5.97 Å². The molecule has 1 aromatic carbocycles. The highest BCUT2D eigenvalue weighted by Gasteiger charge is 2.27. The van der Waals surface area contributed by atoms with Crippen LogP contribution in [-0.4, -0.2) is 35.0 Å². The summed E-state index contributed by atoms with van der Waals surface area (Å²) in [6.45, 7) is 2.45. The fraction of sp³-hybridized carbons (Fsp3) is 0.500. The Morgan fingerprint density at radius 1 is 1.25 bits per heavy atom. The van der Waals surface area contributed by atoms with Crippen molar-refractivity contribution in [2.45, 2.75) is 32.6 Å². The van der Waals surface area contributed by atoms with E-state index in [1.807, 2.05) is 31.2 Å². The van der Waals surface area contributed by atoms with Gasteiger partial charge in [0, 0.05) is 13.0 Å². The van der Waals surface area contributed by atoms with Crippen molar-refractivity contribution in [3.05, 3.63) is 35.4 Å². The number of carbonyl (C=O) groups is 2. The highest BCUT2D eigenvalue weighted by molar-refractivity contribution is 5.81. The van der Waals surface area contributed by atoms with Crippen LogP contribution in [0.1, 0.15) is 30.4 Å². The zero-order valence-electron chi connectivity index (χ0n) is 11.8. The minimum absolute atomic E-state index is 0.0557. The van der Waals surface area contributed by atoms with Gasteiger partial charge < -0.3 is 10.0 Å². The average Bonchev–Trinajstić information content (AvgIpc) is 3.20. The van der Waals surface area contributed by atoms with E-state index in [9.17, 15) is 9.59 Å². The van der Waals surface area contributed by atoms with Gasteiger partial charge in [-0.1, -0.05) is 29.8 Å². The van der Waals surface area contributed by atoms with Crippen molar-refractivity contribution >= 4 is 11.9 Å². The number of hydrogen-bond acceptors (Lipinski definition) is 2. The minimum Gasteiger partial charge on any atom is -0.480 e. The number of hydrogen-bond donors (Lipinski definition) is 1. The Morgan fingerprint density at radius 3 is 2.45 bits per heavy atom. The van der Waals surface area contributed by atoms with Gasteiger partial charge >= 0.3 is 5.97 Å². The molecule has 0 spiro atoms. The number of benzene rings is 1. The number of nitrogens with zero attached hydrogens (tertiary/aromatic N) is 1. The molecule has 108 valence electrons. The first-order valence-electron chi connectivity index (χ1n) is 7.09. The molecule has 4 nitrogen and oxygen atoms in total. The first kappa shape index (κ1) is 14.6. The van der Waals surface area contributed by atoms with Gasteiger partial charge in [0.2, 0.25) is 5.91 Å². The van der Waals surface area contributed by atoms with E-state index in [2.05, 4.69) is 0 Å². The van der Waals surface area contributed by atoms with Crippen molar-refractivity contribution in [1.82, 2.24) is 4.90 Å². The Labute approximate surface area is 119 Å². The van der Waals surface area contributed by atoms with Gasteiger partial charge in [-0.3, -0.25) is 9.59 Å². The number of rotatable bonds is 7. The molecule has 1 aliphatic carbocycles. The fourth-order valence-electron chi connectivity index (χ4n) is 2.19. The van der Waals surface area contributed by atoms with Gasteiger partial charge in [-0.25, -0.2) is 0 Å². The van der Waals surface area contributed by atoms with E-state index >= 15 is 0 Å². The lowest BCUT2D eigenvalue weighted by atomic mass is 10.1. The lowest BCUT2D eigenvalue weighted by molar-refractivity contribution is -0.144. The number of carboxylic acid groups (broad SMARTS) is 1. The van der Waals surface area contributed by atoms with Crippen molar-refractivity contribution in [1.29, 1.82) is 0 Å². The number of carboxylic acids is 1. The molecular weight excluding hydrogens is 254 g/mol. The van der Waals surface area contributed by atoms with Crippen molar-refractivity contribution in [3.63, 3.8) is 0 Å². The van der Waals surface area contributed by atoms with Gasteiger partial charge in [0.25, 0.3) is 0 Å². The molecule has 1 aromatic rings. The molecule has 0 radical (unpaired) electrons. The zero-order chi connectivity index (χ0) is 14.5. The normalized spacial score (nSPS) is 14.1. The van der Waals surface area contributed by atoms with Crippen molar-refractivity contribution < 1.29 is 14.7 Å². The topological polar surface area (TPSA) is 57.6 Å². The summed E-state index contributed by atoms with van der Waals surface area (Å²) >= 11 is 0. The summed E-state index contributed by atoms with van der Waals surface area (Å²) in [4.78, 5) is 24.5. The monoisotopic (exact) mass is 275 g/mol. The molecule has 1 saturated carbocycles. The maximum absolute atomic E-state index is 12.1. The molecule has 2 rings (SSSR count). The molecule has 0 aliphatic heterocycles. The van der Waals surface area contributed by atoms with Crippen LogP contribution in [0.4, 0.5) is 0 Å². The molecule has 0 aromatic heterocycles. The lowest BCUT2D eigenvalue weighted by Gasteiger charge is -2.20. The predicted molar refractivity (Wildman–Crippen MR) is 76.4 cm³/mol. The van der Waals surface area contributed by atoms with E-state index in [1.165, 1.54) is 10.5 Å². The molecule has 4 heteroatoms. The van der Waals surface area contributed by atoms with E-state index in [-0.39, 0.29) is 12.5 Å². The van der Waals surface area contributed by atoms with Gasteiger partial charge in [0.1, 0.15) is 6.54 Å². The van der Waals surface area contributed by atoms with Crippen LogP contribution in [-0.2, 0) is 16.0 Å². The molecule has 0 saturated heterocycles. The summed E-state index contributed by atoms with van der Waals surface area (Å²) in [5.41, 5.74) is 2.31. The molecule has 1 fully saturated rings. The Balaban J connectivity index is 1.86. The van der Waals surface area contributed by atoms with Gasteiger partial charge in [-0.2, -0.15) is 0 Å². The SMILES string of the molecule is Cc1ccc(CCC(=O)N(CC(=O)O)CC2CC2)cc1. The van der Waals surface area contributed by atoms with Crippen molar-refractivity contribution in [3.8, 4) is 0 Å². The second-order valence-electron chi connectivity index (χ2n) is 5.60. The van der Waals surface area contributed by atoms with Crippen molar-refractivity contribution in [2.24, 2.45) is 5.92 Å². The van der Waals surface area contributed by atoms with Crippen LogP contribution in [0.5, 0.6) is 0 Å². The minimum atomic E-state index is -0.936. The van der Waals surface area contributed by atoms with Crippen LogP contribution in [0.15, 0.2) is 24.3 Å². The van der Waals surface area contributed by atoms with Gasteiger partial charge in [-0.05, 0) is 37.7 Å². The number of aryl methyl sites for hydroxylation is 2. The summed E-state index contributed by atoms with van der Waals surface area (Å²) in [7, 11) is 0. The largest absolute Gasteiger partial charge is 0.480 e.